The van der Waals surface area contributed by atoms with Crippen LogP contribution in [-0.4, -0.2) is 36.3 Å². The Bertz CT molecular complexity index is 544. The maximum atomic E-state index is 12.8. The monoisotopic (exact) mass is 353 g/mol. The zero-order valence-corrected chi connectivity index (χ0v) is 14.0. The van der Waals surface area contributed by atoms with E-state index in [1.54, 1.807) is 26.2 Å². The fourth-order valence-electron chi connectivity index (χ4n) is 2.81. The Balaban J connectivity index is 2.26. The number of hydrogen-bond donors (Lipinski definition) is 0. The lowest BCUT2D eigenvalue weighted by atomic mass is 9.96. The van der Waals surface area contributed by atoms with E-state index in [1.807, 2.05) is 11.0 Å². The van der Waals surface area contributed by atoms with Crippen LogP contribution >= 0.6 is 15.9 Å². The number of Topliss-reactive ketones (excluding diaryl/α,β-unsaturated/α-hetero) is 1. The fourth-order valence-corrected chi connectivity index (χ4v) is 3.15. The number of benzene rings is 1. The molecule has 114 valence electrons. The van der Waals surface area contributed by atoms with Gasteiger partial charge in [-0.15, -0.1) is 0 Å². The lowest BCUT2D eigenvalue weighted by Crippen LogP contribution is -2.44. The van der Waals surface area contributed by atoms with Crippen LogP contribution in [0.25, 0.3) is 0 Å². The van der Waals surface area contributed by atoms with Gasteiger partial charge in [-0.2, -0.15) is 0 Å². The summed E-state index contributed by atoms with van der Waals surface area (Å²) >= 11 is 3.38. The summed E-state index contributed by atoms with van der Waals surface area (Å²) in [6.45, 7) is 2.29. The second-order valence-corrected chi connectivity index (χ2v) is 6.31. The lowest BCUT2D eigenvalue weighted by Gasteiger charge is -2.35. The van der Waals surface area contributed by atoms with E-state index < -0.39 is 0 Å². The number of methoxy groups -OCH3 is 1. The molecule has 1 aliphatic heterocycles. The average molecular weight is 354 g/mol. The molecule has 21 heavy (non-hydrogen) atoms. The molecular formula is C16H20BrNO3. The van der Waals surface area contributed by atoms with E-state index in [4.69, 9.17) is 4.74 Å². The third-order valence-electron chi connectivity index (χ3n) is 3.81. The molecule has 1 aliphatic rings. The molecule has 1 atom stereocenters. The SMILES string of the molecule is COc1cc(Br)ccc1C(=O)N1CCCCC1CC(C)=O. The number of ether oxygens (including phenoxy) is 1. The van der Waals surface area contributed by atoms with Gasteiger partial charge < -0.3 is 9.64 Å². The van der Waals surface area contributed by atoms with Gasteiger partial charge in [-0.3, -0.25) is 9.59 Å². The first-order valence-electron chi connectivity index (χ1n) is 7.17. The van der Waals surface area contributed by atoms with Gasteiger partial charge >= 0.3 is 0 Å². The van der Waals surface area contributed by atoms with Crippen LogP contribution in [0.5, 0.6) is 5.75 Å². The molecule has 4 nitrogen and oxygen atoms in total. The first-order chi connectivity index (χ1) is 10.0. The molecule has 0 aliphatic carbocycles. The van der Waals surface area contributed by atoms with Gasteiger partial charge in [-0.05, 0) is 44.4 Å². The number of hydrogen-bond acceptors (Lipinski definition) is 3. The number of likely N-dealkylation sites (tertiary alicyclic amines) is 1. The highest BCUT2D eigenvalue weighted by Gasteiger charge is 2.29. The molecular weight excluding hydrogens is 334 g/mol. The Hall–Kier alpha value is -1.36. The largest absolute Gasteiger partial charge is 0.496 e. The summed E-state index contributed by atoms with van der Waals surface area (Å²) in [5.41, 5.74) is 0.552. The van der Waals surface area contributed by atoms with Crippen molar-refractivity contribution >= 4 is 27.6 Å². The minimum atomic E-state index is -0.0506. The summed E-state index contributed by atoms with van der Waals surface area (Å²) in [6, 6.07) is 5.40. The van der Waals surface area contributed by atoms with Crippen LogP contribution < -0.4 is 4.74 Å². The van der Waals surface area contributed by atoms with E-state index in [2.05, 4.69) is 15.9 Å². The van der Waals surface area contributed by atoms with Crippen molar-refractivity contribution in [3.8, 4) is 5.75 Å². The van der Waals surface area contributed by atoms with Gasteiger partial charge in [0.15, 0.2) is 0 Å². The Labute approximate surface area is 133 Å². The van der Waals surface area contributed by atoms with Crippen LogP contribution in [0.2, 0.25) is 0 Å². The van der Waals surface area contributed by atoms with Gasteiger partial charge in [-0.25, -0.2) is 0 Å². The minimum Gasteiger partial charge on any atom is -0.496 e. The van der Waals surface area contributed by atoms with Crippen molar-refractivity contribution in [2.75, 3.05) is 13.7 Å². The predicted molar refractivity (Wildman–Crippen MR) is 84.7 cm³/mol. The summed E-state index contributed by atoms with van der Waals surface area (Å²) < 4.78 is 6.18. The first-order valence-corrected chi connectivity index (χ1v) is 7.96. The second-order valence-electron chi connectivity index (χ2n) is 5.40. The van der Waals surface area contributed by atoms with Crippen molar-refractivity contribution in [2.24, 2.45) is 0 Å². The molecule has 5 heteroatoms. The molecule has 1 unspecified atom stereocenters. The predicted octanol–water partition coefficient (Wildman–Crippen LogP) is 3.43. The molecule has 0 saturated carbocycles. The Kier molecular flexibility index (Phi) is 5.39. The van der Waals surface area contributed by atoms with Gasteiger partial charge in [0.05, 0.1) is 12.7 Å². The van der Waals surface area contributed by atoms with E-state index in [0.29, 0.717) is 24.3 Å². The minimum absolute atomic E-state index is 0.0112. The van der Waals surface area contributed by atoms with Crippen LogP contribution in [0.3, 0.4) is 0 Å². The number of rotatable bonds is 4. The van der Waals surface area contributed by atoms with Crippen molar-refractivity contribution in [2.45, 2.75) is 38.6 Å². The van der Waals surface area contributed by atoms with Crippen molar-refractivity contribution in [1.82, 2.24) is 4.90 Å². The molecule has 1 saturated heterocycles. The second kappa shape index (κ2) is 7.07. The van der Waals surface area contributed by atoms with Gasteiger partial charge in [0.2, 0.25) is 0 Å². The highest BCUT2D eigenvalue weighted by molar-refractivity contribution is 9.10. The average Bonchev–Trinajstić information content (AvgIpc) is 2.46. The quantitative estimate of drug-likeness (QED) is 0.832. The molecule has 2 rings (SSSR count). The Morgan fingerprint density at radius 2 is 2.14 bits per heavy atom. The summed E-state index contributed by atoms with van der Waals surface area (Å²) in [4.78, 5) is 26.0. The van der Waals surface area contributed by atoms with Crippen LogP contribution in [0.1, 0.15) is 43.0 Å². The smallest absolute Gasteiger partial charge is 0.257 e. The molecule has 1 amide bonds. The number of piperidine rings is 1. The summed E-state index contributed by atoms with van der Waals surface area (Å²) in [5.74, 6) is 0.634. The highest BCUT2D eigenvalue weighted by atomic mass is 79.9. The number of carbonyl (C=O) groups is 2. The Morgan fingerprint density at radius 1 is 1.38 bits per heavy atom. The molecule has 1 aromatic rings. The number of carbonyl (C=O) groups excluding carboxylic acids is 2. The fraction of sp³-hybridized carbons (Fsp3) is 0.500. The number of ketones is 1. The van der Waals surface area contributed by atoms with Gasteiger partial charge in [0, 0.05) is 23.5 Å². The van der Waals surface area contributed by atoms with Crippen LogP contribution in [0.4, 0.5) is 0 Å². The van der Waals surface area contributed by atoms with Crippen LogP contribution in [0.15, 0.2) is 22.7 Å². The summed E-state index contributed by atoms with van der Waals surface area (Å²) in [6.07, 6.45) is 3.38. The zero-order valence-electron chi connectivity index (χ0n) is 12.4. The maximum absolute atomic E-state index is 12.8. The van der Waals surface area contributed by atoms with Gasteiger partial charge in [0.25, 0.3) is 5.91 Å². The summed E-state index contributed by atoms with van der Waals surface area (Å²) in [7, 11) is 1.56. The Morgan fingerprint density at radius 3 is 2.81 bits per heavy atom. The molecule has 1 heterocycles. The van der Waals surface area contributed by atoms with Crippen molar-refractivity contribution < 1.29 is 14.3 Å². The maximum Gasteiger partial charge on any atom is 0.257 e. The third-order valence-corrected chi connectivity index (χ3v) is 4.30. The van der Waals surface area contributed by atoms with Crippen molar-refractivity contribution in [1.29, 1.82) is 0 Å². The van der Waals surface area contributed by atoms with E-state index in [-0.39, 0.29) is 17.7 Å². The van der Waals surface area contributed by atoms with Crippen LogP contribution in [-0.2, 0) is 4.79 Å². The van der Waals surface area contributed by atoms with Crippen LogP contribution in [0, 0.1) is 0 Å². The van der Waals surface area contributed by atoms with E-state index in [1.165, 1.54) is 0 Å². The number of nitrogens with zero attached hydrogens (tertiary/aromatic N) is 1. The molecule has 1 aromatic carbocycles. The molecule has 0 N–H and O–H groups in total. The third kappa shape index (κ3) is 3.84. The highest BCUT2D eigenvalue weighted by Crippen LogP contribution is 2.28. The molecule has 0 bridgehead atoms. The topological polar surface area (TPSA) is 46.6 Å². The summed E-state index contributed by atoms with van der Waals surface area (Å²) in [5, 5.41) is 0. The van der Waals surface area contributed by atoms with E-state index >= 15 is 0 Å². The van der Waals surface area contributed by atoms with E-state index in [9.17, 15) is 9.59 Å². The molecule has 0 aromatic heterocycles. The van der Waals surface area contributed by atoms with Crippen molar-refractivity contribution in [3.63, 3.8) is 0 Å². The lowest BCUT2D eigenvalue weighted by molar-refractivity contribution is -0.118. The number of amides is 1. The van der Waals surface area contributed by atoms with Gasteiger partial charge in [-0.1, -0.05) is 15.9 Å². The molecule has 0 spiro atoms. The standard InChI is InChI=1S/C16H20BrNO3/c1-11(19)9-13-5-3-4-8-18(13)16(20)14-7-6-12(17)10-15(14)21-2/h6-7,10,13H,3-5,8-9H2,1-2H3. The van der Waals surface area contributed by atoms with Gasteiger partial charge in [0.1, 0.15) is 11.5 Å². The molecule has 1 fully saturated rings. The normalized spacial score (nSPS) is 18.4. The number of halogens is 1. The first kappa shape index (κ1) is 16.0. The van der Waals surface area contributed by atoms with E-state index in [0.717, 1.165) is 23.7 Å². The zero-order chi connectivity index (χ0) is 15.4. The molecule has 0 radical (unpaired) electrons. The van der Waals surface area contributed by atoms with Crippen molar-refractivity contribution in [3.05, 3.63) is 28.2 Å².